The fourth-order valence-electron chi connectivity index (χ4n) is 1.61. The molecule has 1 heterocycles. The van der Waals surface area contributed by atoms with Gasteiger partial charge in [0, 0.05) is 6.54 Å². The summed E-state index contributed by atoms with van der Waals surface area (Å²) in [5.41, 5.74) is 7.90. The van der Waals surface area contributed by atoms with E-state index in [9.17, 15) is 0 Å². The summed E-state index contributed by atoms with van der Waals surface area (Å²) in [6.07, 6.45) is 0. The Morgan fingerprint density at radius 3 is 2.50 bits per heavy atom. The molecule has 96 valence electrons. The minimum atomic E-state index is 0.262. The Bertz CT molecular complexity index is 490. The van der Waals surface area contributed by atoms with Crippen molar-refractivity contribution < 1.29 is 4.42 Å². The zero-order chi connectivity index (χ0) is 13.0. The molecule has 0 fully saturated rings. The van der Waals surface area contributed by atoms with E-state index in [1.807, 2.05) is 0 Å². The third kappa shape index (κ3) is 3.07. The van der Waals surface area contributed by atoms with Crippen molar-refractivity contribution in [1.29, 1.82) is 0 Å². The molecule has 5 heteroatoms. The first kappa shape index (κ1) is 12.6. The molecule has 18 heavy (non-hydrogen) atoms. The Morgan fingerprint density at radius 1 is 1.22 bits per heavy atom. The van der Waals surface area contributed by atoms with Gasteiger partial charge in [0.2, 0.25) is 5.89 Å². The Labute approximate surface area is 106 Å². The van der Waals surface area contributed by atoms with Crippen molar-refractivity contribution in [1.82, 2.24) is 10.2 Å². The Hall–Kier alpha value is -1.88. The van der Waals surface area contributed by atoms with Gasteiger partial charge in [0.05, 0.1) is 6.54 Å². The lowest BCUT2D eigenvalue weighted by atomic mass is 10.0. The number of anilines is 1. The molecule has 0 radical (unpaired) electrons. The molecule has 0 aliphatic rings. The summed E-state index contributed by atoms with van der Waals surface area (Å²) in [5, 5.41) is 10.7. The van der Waals surface area contributed by atoms with E-state index >= 15 is 0 Å². The SMILES string of the molecule is CC(C)c1ccc(CNc2nnc(CN)o2)cc1. The van der Waals surface area contributed by atoms with Gasteiger partial charge in [-0.25, -0.2) is 0 Å². The van der Waals surface area contributed by atoms with Gasteiger partial charge in [-0.2, -0.15) is 0 Å². The molecule has 0 bridgehead atoms. The molecule has 3 N–H and O–H groups in total. The highest BCUT2D eigenvalue weighted by molar-refractivity contribution is 5.28. The summed E-state index contributed by atoms with van der Waals surface area (Å²) in [7, 11) is 0. The highest BCUT2D eigenvalue weighted by atomic mass is 16.4. The number of hydrogen-bond acceptors (Lipinski definition) is 5. The van der Waals surface area contributed by atoms with E-state index in [-0.39, 0.29) is 6.54 Å². The lowest BCUT2D eigenvalue weighted by Gasteiger charge is -2.06. The van der Waals surface area contributed by atoms with Crippen LogP contribution in [0, 0.1) is 0 Å². The van der Waals surface area contributed by atoms with Gasteiger partial charge in [0.25, 0.3) is 0 Å². The molecular formula is C13H18N4O. The Balaban J connectivity index is 1.93. The standard InChI is InChI=1S/C13H18N4O/c1-9(2)11-5-3-10(4-6-11)8-15-13-17-16-12(7-14)18-13/h3-6,9H,7-8,14H2,1-2H3,(H,15,17). The number of rotatable bonds is 5. The zero-order valence-electron chi connectivity index (χ0n) is 10.7. The van der Waals surface area contributed by atoms with E-state index in [0.29, 0.717) is 24.4 Å². The summed E-state index contributed by atoms with van der Waals surface area (Å²) in [6, 6.07) is 8.88. The molecule has 1 aromatic carbocycles. The van der Waals surface area contributed by atoms with Gasteiger partial charge in [0.15, 0.2) is 0 Å². The first-order chi connectivity index (χ1) is 8.69. The van der Waals surface area contributed by atoms with E-state index < -0.39 is 0 Å². The molecule has 1 aromatic heterocycles. The fourth-order valence-corrected chi connectivity index (χ4v) is 1.61. The molecule has 0 saturated carbocycles. The van der Waals surface area contributed by atoms with Crippen LogP contribution in [-0.4, -0.2) is 10.2 Å². The van der Waals surface area contributed by atoms with Crippen LogP contribution in [0.2, 0.25) is 0 Å². The van der Waals surface area contributed by atoms with Crippen molar-refractivity contribution in [3.05, 3.63) is 41.3 Å². The second-order valence-electron chi connectivity index (χ2n) is 4.45. The van der Waals surface area contributed by atoms with Crippen LogP contribution < -0.4 is 11.1 Å². The number of aromatic nitrogens is 2. The minimum absolute atomic E-state index is 0.262. The van der Waals surface area contributed by atoms with Gasteiger partial charge in [-0.05, 0) is 17.0 Å². The van der Waals surface area contributed by atoms with Gasteiger partial charge < -0.3 is 15.5 Å². The topological polar surface area (TPSA) is 77.0 Å². The summed E-state index contributed by atoms with van der Waals surface area (Å²) in [4.78, 5) is 0. The minimum Gasteiger partial charge on any atom is -0.407 e. The first-order valence-electron chi connectivity index (χ1n) is 6.04. The highest BCUT2D eigenvalue weighted by Crippen LogP contribution is 2.15. The Morgan fingerprint density at radius 2 is 1.94 bits per heavy atom. The van der Waals surface area contributed by atoms with Crippen LogP contribution in [-0.2, 0) is 13.1 Å². The van der Waals surface area contributed by atoms with Crippen molar-refractivity contribution in [2.75, 3.05) is 5.32 Å². The van der Waals surface area contributed by atoms with Crippen molar-refractivity contribution in [3.63, 3.8) is 0 Å². The van der Waals surface area contributed by atoms with Crippen LogP contribution >= 0.6 is 0 Å². The third-order valence-electron chi connectivity index (χ3n) is 2.73. The molecule has 0 aliphatic carbocycles. The molecule has 0 spiro atoms. The maximum Gasteiger partial charge on any atom is 0.315 e. The normalized spacial score (nSPS) is 10.9. The van der Waals surface area contributed by atoms with Crippen LogP contribution in [0.3, 0.4) is 0 Å². The molecule has 0 saturated heterocycles. The molecule has 0 unspecified atom stereocenters. The molecule has 2 aromatic rings. The lowest BCUT2D eigenvalue weighted by molar-refractivity contribution is 0.507. The van der Waals surface area contributed by atoms with Crippen LogP contribution in [0.25, 0.3) is 0 Å². The van der Waals surface area contributed by atoms with Gasteiger partial charge in [-0.1, -0.05) is 43.2 Å². The molecule has 0 aliphatic heterocycles. The highest BCUT2D eigenvalue weighted by Gasteiger charge is 2.04. The number of hydrogen-bond donors (Lipinski definition) is 2. The van der Waals surface area contributed by atoms with Crippen LogP contribution in [0.4, 0.5) is 6.01 Å². The summed E-state index contributed by atoms with van der Waals surface area (Å²) >= 11 is 0. The van der Waals surface area contributed by atoms with Crippen LogP contribution in [0.15, 0.2) is 28.7 Å². The summed E-state index contributed by atoms with van der Waals surface area (Å²) in [5.74, 6) is 0.989. The van der Waals surface area contributed by atoms with Crippen molar-refractivity contribution in [2.24, 2.45) is 5.73 Å². The number of nitrogens with one attached hydrogen (secondary N) is 1. The van der Waals surface area contributed by atoms with E-state index in [2.05, 4.69) is 53.6 Å². The predicted octanol–water partition coefficient (Wildman–Crippen LogP) is 2.26. The Kier molecular flexibility index (Phi) is 3.94. The molecule has 2 rings (SSSR count). The van der Waals surface area contributed by atoms with Crippen molar-refractivity contribution in [3.8, 4) is 0 Å². The van der Waals surface area contributed by atoms with Gasteiger partial charge in [-0.3, -0.25) is 0 Å². The van der Waals surface area contributed by atoms with Gasteiger partial charge >= 0.3 is 6.01 Å². The fraction of sp³-hybridized carbons (Fsp3) is 0.385. The maximum absolute atomic E-state index is 5.39. The number of nitrogens with zero attached hydrogens (tertiary/aromatic N) is 2. The molecule has 5 nitrogen and oxygen atoms in total. The van der Waals surface area contributed by atoms with Gasteiger partial charge in [-0.15, -0.1) is 5.10 Å². The monoisotopic (exact) mass is 246 g/mol. The van der Waals surface area contributed by atoms with E-state index in [1.54, 1.807) is 0 Å². The molecular weight excluding hydrogens is 228 g/mol. The lowest BCUT2D eigenvalue weighted by Crippen LogP contribution is -2.00. The summed E-state index contributed by atoms with van der Waals surface area (Å²) in [6.45, 7) is 5.28. The zero-order valence-corrected chi connectivity index (χ0v) is 10.7. The number of nitrogens with two attached hydrogens (primary N) is 1. The van der Waals surface area contributed by atoms with E-state index in [0.717, 1.165) is 0 Å². The second kappa shape index (κ2) is 5.64. The van der Waals surface area contributed by atoms with Crippen LogP contribution in [0.5, 0.6) is 0 Å². The van der Waals surface area contributed by atoms with Crippen LogP contribution in [0.1, 0.15) is 36.8 Å². The van der Waals surface area contributed by atoms with Crippen molar-refractivity contribution in [2.45, 2.75) is 32.9 Å². The average Bonchev–Trinajstić information content (AvgIpc) is 2.85. The van der Waals surface area contributed by atoms with Crippen molar-refractivity contribution >= 4 is 6.01 Å². The smallest absolute Gasteiger partial charge is 0.315 e. The average molecular weight is 246 g/mol. The first-order valence-corrected chi connectivity index (χ1v) is 6.04. The molecule has 0 atom stereocenters. The number of benzene rings is 1. The van der Waals surface area contributed by atoms with Gasteiger partial charge in [0.1, 0.15) is 0 Å². The predicted molar refractivity (Wildman–Crippen MR) is 70.0 cm³/mol. The second-order valence-corrected chi connectivity index (χ2v) is 4.45. The quantitative estimate of drug-likeness (QED) is 0.846. The third-order valence-corrected chi connectivity index (χ3v) is 2.73. The molecule has 0 amide bonds. The summed E-state index contributed by atoms with van der Waals surface area (Å²) < 4.78 is 5.26. The van der Waals surface area contributed by atoms with E-state index in [1.165, 1.54) is 11.1 Å². The van der Waals surface area contributed by atoms with E-state index in [4.69, 9.17) is 10.2 Å². The maximum atomic E-state index is 5.39. The largest absolute Gasteiger partial charge is 0.407 e.